The van der Waals surface area contributed by atoms with Gasteiger partial charge in [-0.2, -0.15) is 0 Å². The van der Waals surface area contributed by atoms with Crippen molar-refractivity contribution in [3.05, 3.63) is 95.3 Å². The van der Waals surface area contributed by atoms with Crippen LogP contribution in [0.25, 0.3) is 22.5 Å². The number of fused-ring (bicyclic) bond motifs is 1. The molecule has 36 heavy (non-hydrogen) atoms. The summed E-state index contributed by atoms with van der Waals surface area (Å²) in [6.45, 7) is 6.36. The van der Waals surface area contributed by atoms with Crippen LogP contribution in [0.4, 0.5) is 8.78 Å². The van der Waals surface area contributed by atoms with E-state index in [1.807, 2.05) is 57.2 Å². The third-order valence-corrected chi connectivity index (χ3v) is 6.38. The van der Waals surface area contributed by atoms with Crippen molar-refractivity contribution >= 4 is 0 Å². The van der Waals surface area contributed by atoms with Crippen molar-refractivity contribution in [1.29, 1.82) is 0 Å². The van der Waals surface area contributed by atoms with Gasteiger partial charge < -0.3 is 10.1 Å². The highest BCUT2D eigenvalue weighted by Crippen LogP contribution is 2.28. The lowest BCUT2D eigenvalue weighted by Gasteiger charge is -2.18. The number of halogens is 2. The van der Waals surface area contributed by atoms with E-state index in [-0.39, 0.29) is 30.5 Å². The van der Waals surface area contributed by atoms with E-state index in [9.17, 15) is 0 Å². The Labute approximate surface area is 210 Å². The third kappa shape index (κ3) is 5.53. The van der Waals surface area contributed by atoms with Crippen LogP contribution < -0.4 is 5.32 Å². The van der Waals surface area contributed by atoms with Gasteiger partial charge in [-0.25, -0.2) is 18.4 Å². The van der Waals surface area contributed by atoms with E-state index in [0.717, 1.165) is 18.4 Å². The van der Waals surface area contributed by atoms with Gasteiger partial charge in [0.2, 0.25) is 0 Å². The molecule has 0 bridgehead atoms. The molecule has 0 saturated heterocycles. The fourth-order valence-electron chi connectivity index (χ4n) is 4.47. The summed E-state index contributed by atoms with van der Waals surface area (Å²) in [5.74, 6) is -0.589. The Bertz CT molecular complexity index is 1330. The number of rotatable bonds is 7. The Hall–Kier alpha value is -3.42. The Kier molecular flexibility index (Phi) is 6.69. The highest BCUT2D eigenvalue weighted by atomic mass is 19.1. The first-order chi connectivity index (χ1) is 17.2. The lowest BCUT2D eigenvalue weighted by Crippen LogP contribution is -2.29. The van der Waals surface area contributed by atoms with Crippen molar-refractivity contribution in [2.45, 2.75) is 58.5 Å². The third-order valence-electron chi connectivity index (χ3n) is 6.38. The molecule has 3 aromatic carbocycles. The highest BCUT2D eigenvalue weighted by Gasteiger charge is 2.22. The van der Waals surface area contributed by atoms with Crippen LogP contribution in [0.2, 0.25) is 0 Å². The fraction of sp³-hybridized carbons (Fsp3) is 0.310. The molecule has 0 spiro atoms. The molecule has 1 aliphatic rings. The van der Waals surface area contributed by atoms with Crippen LogP contribution in [0.5, 0.6) is 0 Å². The second-order valence-corrected chi connectivity index (χ2v) is 10.2. The first kappa shape index (κ1) is 24.3. The fourth-order valence-corrected chi connectivity index (χ4v) is 4.47. The van der Waals surface area contributed by atoms with Crippen LogP contribution in [-0.2, 0) is 30.9 Å². The number of aromatic nitrogens is 3. The second kappa shape index (κ2) is 9.91. The lowest BCUT2D eigenvalue weighted by atomic mass is 10.0. The zero-order valence-electron chi connectivity index (χ0n) is 20.8. The average molecular weight is 489 g/mol. The molecule has 0 aliphatic heterocycles. The van der Waals surface area contributed by atoms with E-state index in [1.165, 1.54) is 23.3 Å². The Balaban J connectivity index is 1.29. The summed E-state index contributed by atoms with van der Waals surface area (Å²) < 4.78 is 37.4. The SMILES string of the molecule is CC(C)(C)OCn1cnc(-c2cccc(-c3cc(F)c(CNC4Cc5ccccc5C4)c(F)c3)c2)n1. The van der Waals surface area contributed by atoms with Gasteiger partial charge in [0.1, 0.15) is 24.7 Å². The predicted molar refractivity (Wildman–Crippen MR) is 136 cm³/mol. The molecule has 186 valence electrons. The maximum atomic E-state index is 15.0. The predicted octanol–water partition coefficient (Wildman–Crippen LogP) is 5.92. The minimum atomic E-state index is -0.555. The van der Waals surface area contributed by atoms with Crippen LogP contribution in [-0.4, -0.2) is 26.4 Å². The summed E-state index contributed by atoms with van der Waals surface area (Å²) in [7, 11) is 0. The summed E-state index contributed by atoms with van der Waals surface area (Å²) in [4.78, 5) is 4.36. The first-order valence-electron chi connectivity index (χ1n) is 12.2. The van der Waals surface area contributed by atoms with E-state index in [4.69, 9.17) is 4.74 Å². The highest BCUT2D eigenvalue weighted by molar-refractivity contribution is 5.70. The van der Waals surface area contributed by atoms with Crippen LogP contribution >= 0.6 is 0 Å². The van der Waals surface area contributed by atoms with E-state index >= 15 is 8.78 Å². The maximum Gasteiger partial charge on any atom is 0.181 e. The molecule has 1 heterocycles. The van der Waals surface area contributed by atoms with Crippen LogP contribution in [0, 0.1) is 11.6 Å². The number of nitrogens with zero attached hydrogens (tertiary/aromatic N) is 3. The maximum absolute atomic E-state index is 15.0. The molecule has 5 nitrogen and oxygen atoms in total. The van der Waals surface area contributed by atoms with E-state index in [1.54, 1.807) is 11.0 Å². The summed E-state index contributed by atoms with van der Waals surface area (Å²) in [6.07, 6.45) is 3.35. The molecule has 4 aromatic rings. The standard InChI is InChI=1S/C29H30F2N4O/c1-29(2,3)36-18-35-17-33-28(34-35)22-10-6-9-19(11-22)23-14-26(30)25(27(31)15-23)16-32-24-12-20-7-4-5-8-21(20)13-24/h4-11,14-15,17,24,32H,12-13,16,18H2,1-3H3. The Morgan fingerprint density at radius 2 is 1.58 bits per heavy atom. The van der Waals surface area contributed by atoms with Gasteiger partial charge in [0.15, 0.2) is 5.82 Å². The molecule has 0 radical (unpaired) electrons. The van der Waals surface area contributed by atoms with E-state index in [2.05, 4.69) is 27.5 Å². The summed E-state index contributed by atoms with van der Waals surface area (Å²) in [5.41, 5.74) is 4.29. The van der Waals surface area contributed by atoms with Gasteiger partial charge >= 0.3 is 0 Å². The lowest BCUT2D eigenvalue weighted by molar-refractivity contribution is -0.0480. The molecule has 0 atom stereocenters. The Morgan fingerprint density at radius 1 is 0.917 bits per heavy atom. The van der Waals surface area contributed by atoms with Crippen molar-refractivity contribution in [1.82, 2.24) is 20.1 Å². The normalized spacial score (nSPS) is 13.8. The van der Waals surface area contributed by atoms with E-state index in [0.29, 0.717) is 17.0 Å². The minimum absolute atomic E-state index is 0.0603. The van der Waals surface area contributed by atoms with Gasteiger partial charge in [0, 0.05) is 23.7 Å². The largest absolute Gasteiger partial charge is 0.354 e. The first-order valence-corrected chi connectivity index (χ1v) is 12.2. The molecule has 0 saturated carbocycles. The Morgan fingerprint density at radius 3 is 2.25 bits per heavy atom. The molecule has 7 heteroatoms. The average Bonchev–Trinajstić information content (AvgIpc) is 3.49. The monoisotopic (exact) mass is 488 g/mol. The second-order valence-electron chi connectivity index (χ2n) is 10.2. The van der Waals surface area contributed by atoms with Crippen molar-refractivity contribution in [2.24, 2.45) is 0 Å². The minimum Gasteiger partial charge on any atom is -0.354 e. The summed E-state index contributed by atoms with van der Waals surface area (Å²) in [5, 5.41) is 7.80. The molecule has 0 unspecified atom stereocenters. The number of nitrogens with one attached hydrogen (secondary N) is 1. The number of benzene rings is 3. The van der Waals surface area contributed by atoms with Gasteiger partial charge in [-0.15, -0.1) is 5.10 Å². The van der Waals surface area contributed by atoms with Gasteiger partial charge in [-0.05, 0) is 74.1 Å². The van der Waals surface area contributed by atoms with Crippen LogP contribution in [0.1, 0.15) is 37.5 Å². The van der Waals surface area contributed by atoms with Crippen molar-refractivity contribution in [2.75, 3.05) is 0 Å². The molecule has 1 aliphatic carbocycles. The smallest absolute Gasteiger partial charge is 0.181 e. The summed E-state index contributed by atoms with van der Waals surface area (Å²) >= 11 is 0. The molecule has 0 amide bonds. The van der Waals surface area contributed by atoms with Crippen LogP contribution in [0.3, 0.4) is 0 Å². The molecule has 1 aromatic heterocycles. The van der Waals surface area contributed by atoms with Gasteiger partial charge in [-0.3, -0.25) is 0 Å². The van der Waals surface area contributed by atoms with E-state index < -0.39 is 11.6 Å². The molecule has 0 fully saturated rings. The van der Waals surface area contributed by atoms with Crippen molar-refractivity contribution in [3.8, 4) is 22.5 Å². The van der Waals surface area contributed by atoms with Gasteiger partial charge in [-0.1, -0.05) is 42.5 Å². The topological polar surface area (TPSA) is 52.0 Å². The quantitative estimate of drug-likeness (QED) is 0.351. The number of hydrogen-bond acceptors (Lipinski definition) is 4. The number of hydrogen-bond donors (Lipinski definition) is 1. The van der Waals surface area contributed by atoms with Crippen LogP contribution in [0.15, 0.2) is 67.0 Å². The van der Waals surface area contributed by atoms with Crippen molar-refractivity contribution in [3.63, 3.8) is 0 Å². The summed E-state index contributed by atoms with van der Waals surface area (Å²) in [6, 6.07) is 18.6. The molecular weight excluding hydrogens is 458 g/mol. The number of ether oxygens (including phenoxy) is 1. The van der Waals surface area contributed by atoms with Crippen molar-refractivity contribution < 1.29 is 13.5 Å². The van der Waals surface area contributed by atoms with Gasteiger partial charge in [0.25, 0.3) is 0 Å². The molecule has 1 N–H and O–H groups in total. The zero-order chi connectivity index (χ0) is 25.3. The molecule has 5 rings (SSSR count). The zero-order valence-corrected chi connectivity index (χ0v) is 20.8. The van der Waals surface area contributed by atoms with Gasteiger partial charge in [0.05, 0.1) is 5.60 Å². The molecular formula is C29H30F2N4O.